The predicted molar refractivity (Wildman–Crippen MR) is 97.9 cm³/mol. The van der Waals surface area contributed by atoms with Crippen molar-refractivity contribution < 1.29 is 0 Å². The first-order valence-electron chi connectivity index (χ1n) is 9.50. The molecule has 0 spiro atoms. The van der Waals surface area contributed by atoms with E-state index in [4.69, 9.17) is 0 Å². The van der Waals surface area contributed by atoms with Crippen LogP contribution in [0.2, 0.25) is 0 Å². The van der Waals surface area contributed by atoms with Gasteiger partial charge in [0.05, 0.1) is 6.04 Å². The van der Waals surface area contributed by atoms with E-state index in [2.05, 4.69) is 68.2 Å². The molecule has 6 heteroatoms. The second-order valence-corrected chi connectivity index (χ2v) is 7.23. The fraction of sp³-hybridized carbons (Fsp3) is 0.579. The fourth-order valence-electron chi connectivity index (χ4n) is 4.09. The average molecular weight is 340 g/mol. The number of hydrogen-bond donors (Lipinski definition) is 3. The minimum absolute atomic E-state index is 0.385. The summed E-state index contributed by atoms with van der Waals surface area (Å²) >= 11 is 0. The van der Waals surface area contributed by atoms with Gasteiger partial charge in [-0.15, -0.1) is 10.2 Å². The Morgan fingerprint density at radius 3 is 2.92 bits per heavy atom. The number of hydrazine groups is 1. The molecule has 2 aromatic rings. The first-order chi connectivity index (χ1) is 12.3. The van der Waals surface area contributed by atoms with Crippen LogP contribution >= 0.6 is 0 Å². The summed E-state index contributed by atoms with van der Waals surface area (Å²) in [5, 5.41) is 12.4. The van der Waals surface area contributed by atoms with Crippen LogP contribution in [0.4, 0.5) is 0 Å². The number of nitrogens with zero attached hydrogens (tertiary/aromatic N) is 3. The van der Waals surface area contributed by atoms with Crippen LogP contribution in [0.25, 0.3) is 0 Å². The van der Waals surface area contributed by atoms with Crippen LogP contribution < -0.4 is 16.2 Å². The lowest BCUT2D eigenvalue weighted by atomic mass is 9.94. The normalized spacial score (nSPS) is 25.9. The molecule has 3 N–H and O–H groups in total. The first-order valence-corrected chi connectivity index (χ1v) is 9.50. The SMILES string of the molecule is CCc1nnc2n1CC(CNCC1CNNC1c1ccccc1)CC2. The molecule has 1 fully saturated rings. The van der Waals surface area contributed by atoms with Gasteiger partial charge in [0, 0.05) is 38.4 Å². The summed E-state index contributed by atoms with van der Waals surface area (Å²) in [6.45, 7) is 6.32. The summed E-state index contributed by atoms with van der Waals surface area (Å²) < 4.78 is 2.33. The quantitative estimate of drug-likeness (QED) is 0.743. The fourth-order valence-corrected chi connectivity index (χ4v) is 4.09. The molecule has 2 aliphatic heterocycles. The summed E-state index contributed by atoms with van der Waals surface area (Å²) in [5.41, 5.74) is 8.11. The van der Waals surface area contributed by atoms with Crippen molar-refractivity contribution in [3.63, 3.8) is 0 Å². The van der Waals surface area contributed by atoms with Crippen molar-refractivity contribution in [3.8, 4) is 0 Å². The smallest absolute Gasteiger partial charge is 0.133 e. The Balaban J connectivity index is 1.29. The summed E-state index contributed by atoms with van der Waals surface area (Å²) in [6.07, 6.45) is 3.22. The summed E-state index contributed by atoms with van der Waals surface area (Å²) in [6, 6.07) is 11.1. The minimum atomic E-state index is 0.385. The molecule has 25 heavy (non-hydrogen) atoms. The highest BCUT2D eigenvalue weighted by Gasteiger charge is 2.28. The monoisotopic (exact) mass is 340 g/mol. The van der Waals surface area contributed by atoms with Gasteiger partial charge in [-0.05, 0) is 24.4 Å². The van der Waals surface area contributed by atoms with Crippen molar-refractivity contribution in [2.24, 2.45) is 11.8 Å². The van der Waals surface area contributed by atoms with Gasteiger partial charge in [0.1, 0.15) is 11.6 Å². The standard InChI is InChI=1S/C19H28N6/c1-2-17-22-23-18-9-8-14(13-25(17)18)10-20-11-16-12-21-24-19(16)15-6-4-3-5-7-15/h3-7,14,16,19-21,24H,2,8-13H2,1H3. The Hall–Kier alpha value is -1.76. The number of fused-ring (bicyclic) bond motifs is 1. The van der Waals surface area contributed by atoms with Crippen LogP contribution in [0.5, 0.6) is 0 Å². The molecule has 0 saturated carbocycles. The van der Waals surface area contributed by atoms with Crippen LogP contribution in [0.15, 0.2) is 30.3 Å². The third-order valence-electron chi connectivity index (χ3n) is 5.53. The molecule has 3 unspecified atom stereocenters. The second-order valence-electron chi connectivity index (χ2n) is 7.23. The second kappa shape index (κ2) is 7.64. The van der Waals surface area contributed by atoms with Crippen LogP contribution in [0, 0.1) is 11.8 Å². The molecule has 0 radical (unpaired) electrons. The van der Waals surface area contributed by atoms with Crippen molar-refractivity contribution in [2.45, 2.75) is 38.8 Å². The van der Waals surface area contributed by atoms with Gasteiger partial charge in [0.15, 0.2) is 0 Å². The number of benzene rings is 1. The van der Waals surface area contributed by atoms with Gasteiger partial charge >= 0.3 is 0 Å². The van der Waals surface area contributed by atoms with E-state index in [1.807, 2.05) is 0 Å². The highest BCUT2D eigenvalue weighted by molar-refractivity contribution is 5.20. The lowest BCUT2D eigenvalue weighted by Gasteiger charge is -2.26. The number of aromatic nitrogens is 3. The van der Waals surface area contributed by atoms with E-state index in [0.717, 1.165) is 44.8 Å². The van der Waals surface area contributed by atoms with Crippen LogP contribution in [-0.2, 0) is 19.4 Å². The third-order valence-corrected chi connectivity index (χ3v) is 5.53. The van der Waals surface area contributed by atoms with E-state index in [1.165, 1.54) is 17.8 Å². The Morgan fingerprint density at radius 2 is 2.08 bits per heavy atom. The summed E-state index contributed by atoms with van der Waals surface area (Å²) in [7, 11) is 0. The topological polar surface area (TPSA) is 66.8 Å². The van der Waals surface area contributed by atoms with E-state index in [9.17, 15) is 0 Å². The molecule has 2 aliphatic rings. The molecule has 3 atom stereocenters. The van der Waals surface area contributed by atoms with Crippen LogP contribution in [0.1, 0.15) is 36.6 Å². The van der Waals surface area contributed by atoms with E-state index in [1.54, 1.807) is 0 Å². The van der Waals surface area contributed by atoms with E-state index in [-0.39, 0.29) is 0 Å². The zero-order chi connectivity index (χ0) is 17.1. The maximum Gasteiger partial charge on any atom is 0.133 e. The van der Waals surface area contributed by atoms with Gasteiger partial charge in [-0.2, -0.15) is 0 Å². The van der Waals surface area contributed by atoms with Gasteiger partial charge in [-0.3, -0.25) is 5.43 Å². The lowest BCUT2D eigenvalue weighted by molar-refractivity contribution is 0.329. The van der Waals surface area contributed by atoms with Gasteiger partial charge in [-0.1, -0.05) is 37.3 Å². The van der Waals surface area contributed by atoms with Crippen LogP contribution in [0.3, 0.4) is 0 Å². The van der Waals surface area contributed by atoms with Crippen LogP contribution in [-0.4, -0.2) is 34.4 Å². The molecule has 134 valence electrons. The molecule has 1 aromatic heterocycles. The molecular weight excluding hydrogens is 312 g/mol. The van der Waals surface area contributed by atoms with Gasteiger partial charge in [0.25, 0.3) is 0 Å². The van der Waals surface area contributed by atoms with E-state index in [0.29, 0.717) is 17.9 Å². The van der Waals surface area contributed by atoms with E-state index >= 15 is 0 Å². The largest absolute Gasteiger partial charge is 0.316 e. The lowest BCUT2D eigenvalue weighted by Crippen LogP contribution is -2.35. The van der Waals surface area contributed by atoms with Crippen molar-refractivity contribution >= 4 is 0 Å². The third kappa shape index (κ3) is 3.61. The molecule has 1 saturated heterocycles. The predicted octanol–water partition coefficient (Wildman–Crippen LogP) is 1.46. The Morgan fingerprint density at radius 1 is 1.20 bits per heavy atom. The zero-order valence-corrected chi connectivity index (χ0v) is 14.9. The van der Waals surface area contributed by atoms with Crippen molar-refractivity contribution in [1.82, 2.24) is 30.9 Å². The molecule has 0 amide bonds. The Labute approximate surface area is 149 Å². The molecule has 4 rings (SSSR count). The molecule has 0 bridgehead atoms. The number of nitrogens with one attached hydrogen (secondary N) is 3. The minimum Gasteiger partial charge on any atom is -0.316 e. The average Bonchev–Trinajstić information content (AvgIpc) is 3.29. The maximum atomic E-state index is 4.32. The van der Waals surface area contributed by atoms with Gasteiger partial charge in [0.2, 0.25) is 0 Å². The molecule has 6 nitrogen and oxygen atoms in total. The Kier molecular flexibility index (Phi) is 5.10. The zero-order valence-electron chi connectivity index (χ0n) is 14.9. The van der Waals surface area contributed by atoms with E-state index < -0.39 is 0 Å². The first kappa shape index (κ1) is 16.7. The van der Waals surface area contributed by atoms with Crippen molar-refractivity contribution in [1.29, 1.82) is 0 Å². The number of rotatable bonds is 6. The van der Waals surface area contributed by atoms with Gasteiger partial charge < -0.3 is 9.88 Å². The molecule has 3 heterocycles. The summed E-state index contributed by atoms with van der Waals surface area (Å²) in [5.74, 6) is 3.54. The highest BCUT2D eigenvalue weighted by atomic mass is 15.4. The maximum absolute atomic E-state index is 4.32. The molecule has 1 aromatic carbocycles. The highest BCUT2D eigenvalue weighted by Crippen LogP contribution is 2.24. The molecule has 0 aliphatic carbocycles. The number of aryl methyl sites for hydroxylation is 2. The summed E-state index contributed by atoms with van der Waals surface area (Å²) in [4.78, 5) is 0. The van der Waals surface area contributed by atoms with Gasteiger partial charge in [-0.25, -0.2) is 5.43 Å². The Bertz CT molecular complexity index is 669. The number of hydrogen-bond acceptors (Lipinski definition) is 5. The molecular formula is C19H28N6. The van der Waals surface area contributed by atoms with Crippen molar-refractivity contribution in [3.05, 3.63) is 47.5 Å². The van der Waals surface area contributed by atoms with Crippen molar-refractivity contribution in [2.75, 3.05) is 19.6 Å².